The average molecular weight is 452 g/mol. The number of hydrogen-bond acceptors (Lipinski definition) is 1. The molecule has 0 aliphatic carbocycles. The first-order chi connectivity index (χ1) is 12.2. The zero-order chi connectivity index (χ0) is 17.9. The molecule has 26 heavy (non-hydrogen) atoms. The van der Waals surface area contributed by atoms with E-state index in [-0.39, 0.29) is 17.1 Å². The summed E-state index contributed by atoms with van der Waals surface area (Å²) in [5, 5.41) is 1.17. The van der Waals surface area contributed by atoms with Gasteiger partial charge in [-0.1, -0.05) is 0 Å². The van der Waals surface area contributed by atoms with Crippen LogP contribution in [0.4, 0.5) is 0 Å². The Labute approximate surface area is 175 Å². The number of hydrogen-bond donors (Lipinski definition) is 0. The fourth-order valence-electron chi connectivity index (χ4n) is 2.31. The van der Waals surface area contributed by atoms with Crippen molar-refractivity contribution >= 4 is 25.5 Å². The van der Waals surface area contributed by atoms with E-state index < -0.39 is 0 Å². The van der Waals surface area contributed by atoms with E-state index in [9.17, 15) is 0 Å². The molecule has 3 aromatic carbocycles. The summed E-state index contributed by atoms with van der Waals surface area (Å²) in [6.45, 7) is 2.20. The molecule has 0 amide bonds. The van der Waals surface area contributed by atoms with E-state index in [1.54, 1.807) is 0 Å². The van der Waals surface area contributed by atoms with Crippen LogP contribution in [0.1, 0.15) is 24.1 Å². The molecule has 1 nitrogen and oxygen atoms in total. The predicted octanol–water partition coefficient (Wildman–Crippen LogP) is 4.89. The molecule has 0 aliphatic rings. The van der Waals surface area contributed by atoms with Gasteiger partial charge in [0.1, 0.15) is 0 Å². The van der Waals surface area contributed by atoms with Crippen LogP contribution >= 0.6 is 0 Å². The average Bonchev–Trinajstić information content (AvgIpc) is 3.33. The molecule has 0 heterocycles. The van der Waals surface area contributed by atoms with Gasteiger partial charge < -0.3 is 4.90 Å². The molecule has 138 valence electrons. The molecule has 0 fully saturated rings. The largest absolute Gasteiger partial charge is 2.00 e. The number of nitrogens with zero attached hydrogens (tertiary/aromatic N) is 1. The first kappa shape index (κ1) is 22.7. The first-order valence-corrected chi connectivity index (χ1v) is 10.7. The molecule has 0 saturated heterocycles. The van der Waals surface area contributed by atoms with E-state index in [2.05, 4.69) is 111 Å². The second-order valence-electron chi connectivity index (χ2n) is 6.10. The maximum Gasteiger partial charge on any atom is 2.00 e. The third kappa shape index (κ3) is 8.36. The minimum atomic E-state index is 0. The van der Waals surface area contributed by atoms with Crippen molar-refractivity contribution in [3.63, 3.8) is 0 Å². The Bertz CT molecular complexity index is 700. The molecular formula is C23H27FeNSe. The minimum absolute atomic E-state index is 0. The second kappa shape index (κ2) is 12.9. The standard InChI is InChI=1S/C14H13Se.C9H14N.Fe/c1-2-7-13(8-3-1)9-6-12-15-14-10-4-5-11-14;1-8(10(2)3)9-6-4-5-7-9;/h1-11H,12H2;4-8H,1-3H3;/q2*-1;+2/b9-6+;;. The van der Waals surface area contributed by atoms with Gasteiger partial charge in [0.05, 0.1) is 0 Å². The summed E-state index contributed by atoms with van der Waals surface area (Å²) in [5.74, 6) is 0. The van der Waals surface area contributed by atoms with Crippen LogP contribution < -0.4 is 4.46 Å². The molecule has 0 bridgehead atoms. The van der Waals surface area contributed by atoms with E-state index in [1.165, 1.54) is 20.9 Å². The molecule has 0 radical (unpaired) electrons. The first-order valence-electron chi connectivity index (χ1n) is 8.61. The maximum absolute atomic E-state index is 2.27. The molecule has 3 rings (SSSR count). The summed E-state index contributed by atoms with van der Waals surface area (Å²) in [6.07, 6.45) is 4.47. The van der Waals surface area contributed by atoms with Gasteiger partial charge >= 0.3 is 114 Å². The zero-order valence-corrected chi connectivity index (χ0v) is 18.5. The van der Waals surface area contributed by atoms with Gasteiger partial charge in [0.25, 0.3) is 0 Å². The van der Waals surface area contributed by atoms with Crippen molar-refractivity contribution < 1.29 is 17.1 Å². The van der Waals surface area contributed by atoms with Crippen molar-refractivity contribution in [3.05, 3.63) is 96.1 Å². The van der Waals surface area contributed by atoms with Gasteiger partial charge in [0.15, 0.2) is 0 Å². The van der Waals surface area contributed by atoms with Crippen LogP contribution in [0.25, 0.3) is 6.08 Å². The van der Waals surface area contributed by atoms with Crippen LogP contribution in [0, 0.1) is 0 Å². The van der Waals surface area contributed by atoms with Crippen molar-refractivity contribution in [2.24, 2.45) is 0 Å². The van der Waals surface area contributed by atoms with Crippen LogP contribution in [-0.4, -0.2) is 34.0 Å². The van der Waals surface area contributed by atoms with E-state index in [0.29, 0.717) is 21.0 Å². The van der Waals surface area contributed by atoms with Gasteiger partial charge in [-0.2, -0.15) is 17.7 Å². The molecule has 1 atom stereocenters. The normalized spacial score (nSPS) is 11.7. The topological polar surface area (TPSA) is 3.24 Å². The van der Waals surface area contributed by atoms with E-state index in [0.717, 1.165) is 0 Å². The minimum Gasteiger partial charge on any atom is -0.305 e. The van der Waals surface area contributed by atoms with Gasteiger partial charge in [-0.05, 0) is 21.0 Å². The van der Waals surface area contributed by atoms with Crippen LogP contribution in [0.5, 0.6) is 0 Å². The monoisotopic (exact) mass is 453 g/mol. The summed E-state index contributed by atoms with van der Waals surface area (Å²) in [4.78, 5) is 2.20. The van der Waals surface area contributed by atoms with E-state index in [1.807, 2.05) is 6.07 Å². The van der Waals surface area contributed by atoms with Gasteiger partial charge in [-0.25, -0.2) is 12.1 Å². The van der Waals surface area contributed by atoms with Crippen molar-refractivity contribution in [3.8, 4) is 0 Å². The smallest absolute Gasteiger partial charge is 0.305 e. The Kier molecular flexibility index (Phi) is 11.3. The maximum atomic E-state index is 2.27. The molecular weight excluding hydrogens is 425 g/mol. The second-order valence-corrected chi connectivity index (χ2v) is 8.40. The van der Waals surface area contributed by atoms with E-state index >= 15 is 0 Å². The number of allylic oxidation sites excluding steroid dienone is 1. The summed E-state index contributed by atoms with van der Waals surface area (Å²) >= 11 is 0.592. The van der Waals surface area contributed by atoms with Gasteiger partial charge in [-0.15, -0.1) is 0 Å². The molecule has 0 aliphatic heterocycles. The van der Waals surface area contributed by atoms with Crippen LogP contribution in [0.2, 0.25) is 5.32 Å². The molecule has 0 saturated carbocycles. The summed E-state index contributed by atoms with van der Waals surface area (Å²) in [5.41, 5.74) is 2.68. The Balaban J connectivity index is 0.000000270. The fraction of sp³-hybridized carbons (Fsp3) is 0.217. The summed E-state index contributed by atoms with van der Waals surface area (Å²) < 4.78 is 1.49. The Morgan fingerprint density at radius 3 is 2.23 bits per heavy atom. The van der Waals surface area contributed by atoms with E-state index in [4.69, 9.17) is 0 Å². The molecule has 1 unspecified atom stereocenters. The van der Waals surface area contributed by atoms with Crippen LogP contribution in [0.15, 0.2) is 84.9 Å². The third-order valence-corrected chi connectivity index (χ3v) is 6.06. The molecule has 0 aromatic heterocycles. The van der Waals surface area contributed by atoms with Crippen molar-refractivity contribution in [1.29, 1.82) is 0 Å². The molecule has 3 heteroatoms. The Morgan fingerprint density at radius 2 is 1.65 bits per heavy atom. The third-order valence-electron chi connectivity index (χ3n) is 4.03. The van der Waals surface area contributed by atoms with Gasteiger partial charge in [-0.3, -0.25) is 0 Å². The zero-order valence-electron chi connectivity index (χ0n) is 15.7. The van der Waals surface area contributed by atoms with Crippen LogP contribution in [-0.2, 0) is 17.1 Å². The molecule has 0 N–H and O–H groups in total. The molecule has 3 aromatic rings. The fourth-order valence-corrected chi connectivity index (χ4v) is 3.85. The Morgan fingerprint density at radius 1 is 0.962 bits per heavy atom. The van der Waals surface area contributed by atoms with Crippen molar-refractivity contribution in [2.45, 2.75) is 18.3 Å². The van der Waals surface area contributed by atoms with Crippen molar-refractivity contribution in [2.75, 3.05) is 14.1 Å². The van der Waals surface area contributed by atoms with Gasteiger partial charge in [0.2, 0.25) is 0 Å². The van der Waals surface area contributed by atoms with Crippen molar-refractivity contribution in [1.82, 2.24) is 4.90 Å². The SMILES string of the molecule is C(=C\c1ccccc1)/C[Se]c1ccc[cH-]1.CC(c1ccc[cH-]1)N(C)C.[Fe+2]. The molecule has 0 spiro atoms. The number of rotatable bonds is 6. The summed E-state index contributed by atoms with van der Waals surface area (Å²) in [6, 6.07) is 28.1. The predicted molar refractivity (Wildman–Crippen MR) is 112 cm³/mol. The van der Waals surface area contributed by atoms with Gasteiger partial charge in [0, 0.05) is 6.04 Å². The summed E-state index contributed by atoms with van der Waals surface area (Å²) in [7, 11) is 4.19. The Hall–Kier alpha value is -1.34. The van der Waals surface area contributed by atoms with Crippen LogP contribution in [0.3, 0.4) is 0 Å². The quantitative estimate of drug-likeness (QED) is 0.380. The number of benzene rings is 1.